The van der Waals surface area contributed by atoms with Crippen molar-refractivity contribution in [1.82, 2.24) is 5.32 Å². The first-order valence-electron chi connectivity index (χ1n) is 5.36. The van der Waals surface area contributed by atoms with Crippen LogP contribution in [-0.4, -0.2) is 5.91 Å². The molecule has 0 unspecified atom stereocenters. The summed E-state index contributed by atoms with van der Waals surface area (Å²) < 4.78 is 0. The van der Waals surface area contributed by atoms with Gasteiger partial charge in [0.2, 0.25) is 5.91 Å². The van der Waals surface area contributed by atoms with Gasteiger partial charge < -0.3 is 5.32 Å². The Kier molecular flexibility index (Phi) is 5.68. The largest absolute Gasteiger partial charge is 0.347 e. The Morgan fingerprint density at radius 3 is 2.00 bits per heavy atom. The molecule has 1 aromatic rings. The average molecular weight is 207 g/mol. The van der Waals surface area contributed by atoms with Crippen molar-refractivity contribution in [3.8, 4) is 0 Å². The summed E-state index contributed by atoms with van der Waals surface area (Å²) in [6.07, 6.45) is 0. The topological polar surface area (TPSA) is 29.1 Å². The minimum Gasteiger partial charge on any atom is -0.347 e. The van der Waals surface area contributed by atoms with Crippen molar-refractivity contribution in [3.63, 3.8) is 0 Å². The van der Waals surface area contributed by atoms with Gasteiger partial charge in [-0.1, -0.05) is 44.2 Å². The van der Waals surface area contributed by atoms with Crippen molar-refractivity contribution in [1.29, 1.82) is 0 Å². The number of benzene rings is 1. The molecular formula is C13H21NO. The Morgan fingerprint density at radius 1 is 1.13 bits per heavy atom. The van der Waals surface area contributed by atoms with Crippen molar-refractivity contribution in [2.75, 3.05) is 0 Å². The van der Waals surface area contributed by atoms with E-state index in [0.29, 0.717) is 0 Å². The molecule has 84 valence electrons. The first-order chi connectivity index (χ1) is 7.02. The first kappa shape index (κ1) is 13.7. The van der Waals surface area contributed by atoms with Gasteiger partial charge in [-0.05, 0) is 19.4 Å². The first-order valence-corrected chi connectivity index (χ1v) is 5.36. The molecule has 0 aromatic heterocycles. The maximum Gasteiger partial charge on any atom is 0.217 e. The molecule has 1 rings (SSSR count). The van der Waals surface area contributed by atoms with Crippen LogP contribution >= 0.6 is 0 Å². The highest BCUT2D eigenvalue weighted by Gasteiger charge is 2.20. The van der Waals surface area contributed by atoms with Crippen LogP contribution in [0.25, 0.3) is 0 Å². The molecule has 0 radical (unpaired) electrons. The summed E-state index contributed by atoms with van der Waals surface area (Å²) in [6.45, 7) is 9.51. The molecule has 0 atom stereocenters. The summed E-state index contributed by atoms with van der Waals surface area (Å²) in [4.78, 5) is 10.9. The van der Waals surface area contributed by atoms with E-state index in [-0.39, 0.29) is 11.4 Å². The van der Waals surface area contributed by atoms with E-state index in [1.807, 2.05) is 58.0 Å². The second-order valence-electron chi connectivity index (χ2n) is 3.67. The Hall–Kier alpha value is -1.31. The SMILES string of the molecule is CC.CC(=O)NC(C)(C)c1ccccc1. The number of rotatable bonds is 2. The summed E-state index contributed by atoms with van der Waals surface area (Å²) in [5, 5.41) is 2.90. The average Bonchev–Trinajstić information content (AvgIpc) is 2.20. The molecule has 0 bridgehead atoms. The van der Waals surface area contributed by atoms with Crippen LogP contribution in [0.2, 0.25) is 0 Å². The smallest absolute Gasteiger partial charge is 0.217 e. The fraction of sp³-hybridized carbons (Fsp3) is 0.462. The summed E-state index contributed by atoms with van der Waals surface area (Å²) >= 11 is 0. The second kappa shape index (κ2) is 6.23. The number of hydrogen-bond acceptors (Lipinski definition) is 1. The number of nitrogens with one attached hydrogen (secondary N) is 1. The van der Waals surface area contributed by atoms with Gasteiger partial charge in [0.15, 0.2) is 0 Å². The predicted molar refractivity (Wildman–Crippen MR) is 64.6 cm³/mol. The molecule has 1 aromatic carbocycles. The van der Waals surface area contributed by atoms with Crippen molar-refractivity contribution in [3.05, 3.63) is 35.9 Å². The molecule has 0 aliphatic heterocycles. The molecule has 0 aliphatic rings. The molecule has 1 N–H and O–H groups in total. The van der Waals surface area contributed by atoms with Gasteiger partial charge in [0.25, 0.3) is 0 Å². The minimum atomic E-state index is -0.285. The third kappa shape index (κ3) is 4.63. The van der Waals surface area contributed by atoms with Crippen LogP contribution in [0.15, 0.2) is 30.3 Å². The van der Waals surface area contributed by atoms with Crippen molar-refractivity contribution in [2.24, 2.45) is 0 Å². The van der Waals surface area contributed by atoms with E-state index in [4.69, 9.17) is 0 Å². The van der Waals surface area contributed by atoms with Gasteiger partial charge in [0, 0.05) is 6.92 Å². The van der Waals surface area contributed by atoms with Gasteiger partial charge in [-0.3, -0.25) is 4.79 Å². The van der Waals surface area contributed by atoms with Gasteiger partial charge in [-0.15, -0.1) is 0 Å². The van der Waals surface area contributed by atoms with Crippen LogP contribution in [0.4, 0.5) is 0 Å². The Labute approximate surface area is 92.7 Å². The van der Waals surface area contributed by atoms with Crippen LogP contribution in [0.5, 0.6) is 0 Å². The lowest BCUT2D eigenvalue weighted by Gasteiger charge is -2.26. The monoisotopic (exact) mass is 207 g/mol. The van der Waals surface area contributed by atoms with E-state index < -0.39 is 0 Å². The quantitative estimate of drug-likeness (QED) is 0.793. The second-order valence-corrected chi connectivity index (χ2v) is 3.67. The Balaban J connectivity index is 0.000000921. The Morgan fingerprint density at radius 2 is 1.60 bits per heavy atom. The fourth-order valence-corrected chi connectivity index (χ4v) is 1.37. The molecule has 2 heteroatoms. The molecule has 0 saturated carbocycles. The molecule has 0 spiro atoms. The molecule has 15 heavy (non-hydrogen) atoms. The minimum absolute atomic E-state index is 0.00569. The van der Waals surface area contributed by atoms with Crippen LogP contribution in [0.1, 0.15) is 40.2 Å². The number of amides is 1. The van der Waals surface area contributed by atoms with Crippen molar-refractivity contribution in [2.45, 2.75) is 40.2 Å². The zero-order valence-corrected chi connectivity index (χ0v) is 10.3. The maximum absolute atomic E-state index is 10.9. The normalized spacial score (nSPS) is 9.93. The summed E-state index contributed by atoms with van der Waals surface area (Å²) in [5.41, 5.74) is 0.831. The highest BCUT2D eigenvalue weighted by molar-refractivity contribution is 5.74. The van der Waals surface area contributed by atoms with Crippen LogP contribution in [0, 0.1) is 0 Å². The fourth-order valence-electron chi connectivity index (χ4n) is 1.37. The predicted octanol–water partition coefficient (Wildman–Crippen LogP) is 3.08. The summed E-state index contributed by atoms with van der Waals surface area (Å²) in [7, 11) is 0. The number of carbonyl (C=O) groups excluding carboxylic acids is 1. The lowest BCUT2D eigenvalue weighted by Crippen LogP contribution is -2.39. The van der Waals surface area contributed by atoms with Crippen molar-refractivity contribution < 1.29 is 4.79 Å². The summed E-state index contributed by atoms with van der Waals surface area (Å²) in [5.74, 6) is -0.00569. The maximum atomic E-state index is 10.9. The van der Waals surface area contributed by atoms with Gasteiger partial charge in [0.05, 0.1) is 5.54 Å². The zero-order valence-electron chi connectivity index (χ0n) is 10.3. The van der Waals surface area contributed by atoms with Crippen LogP contribution in [0.3, 0.4) is 0 Å². The third-order valence-corrected chi connectivity index (χ3v) is 1.98. The van der Waals surface area contributed by atoms with E-state index in [9.17, 15) is 4.79 Å². The van der Waals surface area contributed by atoms with E-state index in [1.165, 1.54) is 6.92 Å². The van der Waals surface area contributed by atoms with Crippen molar-refractivity contribution >= 4 is 5.91 Å². The van der Waals surface area contributed by atoms with E-state index >= 15 is 0 Å². The third-order valence-electron chi connectivity index (χ3n) is 1.98. The highest BCUT2D eigenvalue weighted by Crippen LogP contribution is 2.18. The Bertz CT molecular complexity index is 291. The molecule has 0 heterocycles. The van der Waals surface area contributed by atoms with Gasteiger partial charge in [0.1, 0.15) is 0 Å². The van der Waals surface area contributed by atoms with Crippen LogP contribution in [-0.2, 0) is 10.3 Å². The lowest BCUT2D eigenvalue weighted by atomic mass is 9.94. The summed E-state index contributed by atoms with van der Waals surface area (Å²) in [6, 6.07) is 9.93. The van der Waals surface area contributed by atoms with E-state index in [0.717, 1.165) is 5.56 Å². The van der Waals surface area contributed by atoms with Gasteiger partial charge in [-0.2, -0.15) is 0 Å². The van der Waals surface area contributed by atoms with Crippen LogP contribution < -0.4 is 5.32 Å². The zero-order chi connectivity index (χ0) is 11.9. The molecular weight excluding hydrogens is 186 g/mol. The molecule has 2 nitrogen and oxygen atoms in total. The molecule has 1 amide bonds. The number of hydrogen-bond donors (Lipinski definition) is 1. The molecule has 0 saturated heterocycles. The van der Waals surface area contributed by atoms with Gasteiger partial charge >= 0.3 is 0 Å². The van der Waals surface area contributed by atoms with Gasteiger partial charge in [-0.25, -0.2) is 0 Å². The number of carbonyl (C=O) groups is 1. The molecule has 0 aliphatic carbocycles. The highest BCUT2D eigenvalue weighted by atomic mass is 16.1. The standard InChI is InChI=1S/C11H15NO.C2H6/c1-9(13)12-11(2,3)10-7-5-4-6-8-10;1-2/h4-8H,1-3H3,(H,12,13);1-2H3. The lowest BCUT2D eigenvalue weighted by molar-refractivity contribution is -0.120. The van der Waals surface area contributed by atoms with E-state index in [2.05, 4.69) is 5.32 Å². The molecule has 0 fully saturated rings. The van der Waals surface area contributed by atoms with E-state index in [1.54, 1.807) is 0 Å².